The van der Waals surface area contributed by atoms with Crippen LogP contribution in [0.2, 0.25) is 0 Å². The molecule has 1 fully saturated rings. The Balaban J connectivity index is 2.17. The smallest absolute Gasteiger partial charge is 0.220 e. The van der Waals surface area contributed by atoms with Crippen LogP contribution in [0.25, 0.3) is 0 Å². The van der Waals surface area contributed by atoms with Gasteiger partial charge < -0.3 is 10.6 Å². The molecule has 1 amide bonds. The van der Waals surface area contributed by atoms with Crippen LogP contribution < -0.4 is 10.6 Å². The maximum atomic E-state index is 11.6. The molecular weight excluding hydrogens is 188 g/mol. The molecular formula is C12H24N2O. The molecule has 0 aromatic heterocycles. The number of hydrogen-bond acceptors (Lipinski definition) is 2. The molecule has 88 valence electrons. The van der Waals surface area contributed by atoms with Gasteiger partial charge in [-0.15, -0.1) is 0 Å². The predicted molar refractivity (Wildman–Crippen MR) is 62.7 cm³/mol. The number of carbonyl (C=O) groups is 1. The maximum absolute atomic E-state index is 11.6. The van der Waals surface area contributed by atoms with Crippen LogP contribution in [0.1, 0.15) is 46.5 Å². The van der Waals surface area contributed by atoms with Gasteiger partial charge in [0.05, 0.1) is 0 Å². The number of rotatable bonds is 3. The van der Waals surface area contributed by atoms with Gasteiger partial charge in [0, 0.05) is 12.5 Å². The molecule has 1 rings (SSSR count). The first kappa shape index (κ1) is 12.5. The summed E-state index contributed by atoms with van der Waals surface area (Å²) >= 11 is 0. The Morgan fingerprint density at radius 1 is 1.33 bits per heavy atom. The van der Waals surface area contributed by atoms with Crippen LogP contribution >= 0.6 is 0 Å². The van der Waals surface area contributed by atoms with Crippen LogP contribution in [0.5, 0.6) is 0 Å². The Kier molecular flexibility index (Phi) is 4.58. The van der Waals surface area contributed by atoms with E-state index in [-0.39, 0.29) is 11.3 Å². The van der Waals surface area contributed by atoms with Crippen molar-refractivity contribution in [3.05, 3.63) is 0 Å². The van der Waals surface area contributed by atoms with Gasteiger partial charge >= 0.3 is 0 Å². The van der Waals surface area contributed by atoms with Crippen molar-refractivity contribution < 1.29 is 4.79 Å². The van der Waals surface area contributed by atoms with E-state index in [2.05, 4.69) is 31.4 Å². The summed E-state index contributed by atoms with van der Waals surface area (Å²) in [7, 11) is 0. The molecule has 1 aliphatic rings. The molecule has 0 radical (unpaired) electrons. The van der Waals surface area contributed by atoms with Crippen molar-refractivity contribution in [3.63, 3.8) is 0 Å². The SMILES string of the molecule is CC(C)(C)CCC(=O)NC1CCNCC1. The summed E-state index contributed by atoms with van der Waals surface area (Å²) < 4.78 is 0. The fourth-order valence-electron chi connectivity index (χ4n) is 1.75. The third kappa shape index (κ3) is 5.78. The summed E-state index contributed by atoms with van der Waals surface area (Å²) in [4.78, 5) is 11.6. The lowest BCUT2D eigenvalue weighted by atomic mass is 9.90. The van der Waals surface area contributed by atoms with Gasteiger partial charge in [-0.1, -0.05) is 20.8 Å². The normalized spacial score (nSPS) is 18.9. The summed E-state index contributed by atoms with van der Waals surface area (Å²) in [6.07, 6.45) is 3.76. The average molecular weight is 212 g/mol. The summed E-state index contributed by atoms with van der Waals surface area (Å²) in [5.41, 5.74) is 0.255. The molecule has 0 aliphatic carbocycles. The van der Waals surface area contributed by atoms with Gasteiger partial charge in [-0.05, 0) is 37.8 Å². The summed E-state index contributed by atoms with van der Waals surface area (Å²) in [6, 6.07) is 0.402. The molecule has 1 heterocycles. The first-order valence-corrected chi connectivity index (χ1v) is 5.97. The second-order valence-corrected chi connectivity index (χ2v) is 5.65. The number of nitrogens with one attached hydrogen (secondary N) is 2. The molecule has 0 bridgehead atoms. The van der Waals surface area contributed by atoms with Crippen molar-refractivity contribution in [2.45, 2.75) is 52.5 Å². The fraction of sp³-hybridized carbons (Fsp3) is 0.917. The molecule has 0 atom stereocenters. The van der Waals surface area contributed by atoms with Crippen molar-refractivity contribution in [2.75, 3.05) is 13.1 Å². The zero-order chi connectivity index (χ0) is 11.3. The molecule has 1 aliphatic heterocycles. The molecule has 1 saturated heterocycles. The number of hydrogen-bond donors (Lipinski definition) is 2. The van der Waals surface area contributed by atoms with E-state index in [1.165, 1.54) is 0 Å². The Bertz CT molecular complexity index is 202. The molecule has 3 heteroatoms. The average Bonchev–Trinajstić information content (AvgIpc) is 2.15. The summed E-state index contributed by atoms with van der Waals surface area (Å²) in [5, 5.41) is 6.41. The van der Waals surface area contributed by atoms with E-state index in [0.29, 0.717) is 12.5 Å². The first-order valence-electron chi connectivity index (χ1n) is 5.97. The van der Waals surface area contributed by atoms with Crippen LogP contribution in [-0.2, 0) is 4.79 Å². The Morgan fingerprint density at radius 2 is 1.93 bits per heavy atom. The number of amides is 1. The van der Waals surface area contributed by atoms with E-state index >= 15 is 0 Å². The van der Waals surface area contributed by atoms with Crippen LogP contribution in [0.3, 0.4) is 0 Å². The van der Waals surface area contributed by atoms with Gasteiger partial charge in [0.15, 0.2) is 0 Å². The minimum absolute atomic E-state index is 0.219. The van der Waals surface area contributed by atoms with Gasteiger partial charge in [0.25, 0.3) is 0 Å². The van der Waals surface area contributed by atoms with Crippen molar-refractivity contribution in [1.29, 1.82) is 0 Å². The zero-order valence-electron chi connectivity index (χ0n) is 10.2. The van der Waals surface area contributed by atoms with E-state index in [4.69, 9.17) is 0 Å². The van der Waals surface area contributed by atoms with Crippen molar-refractivity contribution in [2.24, 2.45) is 5.41 Å². The monoisotopic (exact) mass is 212 g/mol. The molecule has 2 N–H and O–H groups in total. The van der Waals surface area contributed by atoms with Crippen molar-refractivity contribution >= 4 is 5.91 Å². The molecule has 0 unspecified atom stereocenters. The lowest BCUT2D eigenvalue weighted by molar-refractivity contribution is -0.122. The lowest BCUT2D eigenvalue weighted by Gasteiger charge is -2.24. The highest BCUT2D eigenvalue weighted by atomic mass is 16.1. The van der Waals surface area contributed by atoms with Crippen LogP contribution in [-0.4, -0.2) is 25.0 Å². The van der Waals surface area contributed by atoms with Gasteiger partial charge in [-0.25, -0.2) is 0 Å². The van der Waals surface area contributed by atoms with Gasteiger partial charge in [-0.2, -0.15) is 0 Å². The highest BCUT2D eigenvalue weighted by Gasteiger charge is 2.17. The second-order valence-electron chi connectivity index (χ2n) is 5.65. The third-order valence-electron chi connectivity index (χ3n) is 2.81. The Hall–Kier alpha value is -0.570. The lowest BCUT2D eigenvalue weighted by Crippen LogP contribution is -2.42. The van der Waals surface area contributed by atoms with Gasteiger partial charge in [0.2, 0.25) is 5.91 Å². The first-order chi connectivity index (χ1) is 6.97. The van der Waals surface area contributed by atoms with E-state index in [9.17, 15) is 4.79 Å². The second kappa shape index (κ2) is 5.50. The Labute approximate surface area is 93.0 Å². The molecule has 15 heavy (non-hydrogen) atoms. The molecule has 0 aromatic carbocycles. The molecule has 0 aromatic rings. The summed E-state index contributed by atoms with van der Waals surface area (Å²) in [6.45, 7) is 8.58. The maximum Gasteiger partial charge on any atom is 0.220 e. The highest BCUT2D eigenvalue weighted by molar-refractivity contribution is 5.76. The molecule has 3 nitrogen and oxygen atoms in total. The molecule has 0 spiro atoms. The Morgan fingerprint density at radius 3 is 2.47 bits per heavy atom. The summed E-state index contributed by atoms with van der Waals surface area (Å²) in [5.74, 6) is 0.219. The third-order valence-corrected chi connectivity index (χ3v) is 2.81. The minimum atomic E-state index is 0.219. The van der Waals surface area contributed by atoms with Gasteiger partial charge in [-0.3, -0.25) is 4.79 Å². The van der Waals surface area contributed by atoms with Crippen LogP contribution in [0, 0.1) is 5.41 Å². The standard InChI is InChI=1S/C12H24N2O/c1-12(2,3)7-4-11(15)14-10-5-8-13-9-6-10/h10,13H,4-9H2,1-3H3,(H,14,15). The molecule has 0 saturated carbocycles. The quantitative estimate of drug-likeness (QED) is 0.747. The van der Waals surface area contributed by atoms with Crippen LogP contribution in [0.4, 0.5) is 0 Å². The fourth-order valence-corrected chi connectivity index (χ4v) is 1.75. The van der Waals surface area contributed by atoms with Crippen molar-refractivity contribution in [3.8, 4) is 0 Å². The van der Waals surface area contributed by atoms with Crippen molar-refractivity contribution in [1.82, 2.24) is 10.6 Å². The van der Waals surface area contributed by atoms with E-state index < -0.39 is 0 Å². The number of carbonyl (C=O) groups excluding carboxylic acids is 1. The van der Waals surface area contributed by atoms with Gasteiger partial charge in [0.1, 0.15) is 0 Å². The minimum Gasteiger partial charge on any atom is -0.353 e. The van der Waals surface area contributed by atoms with E-state index in [0.717, 1.165) is 32.4 Å². The topological polar surface area (TPSA) is 41.1 Å². The van der Waals surface area contributed by atoms with E-state index in [1.807, 2.05) is 0 Å². The largest absolute Gasteiger partial charge is 0.353 e. The predicted octanol–water partition coefficient (Wildman–Crippen LogP) is 1.68. The zero-order valence-corrected chi connectivity index (χ0v) is 10.2. The highest BCUT2D eigenvalue weighted by Crippen LogP contribution is 2.20. The van der Waals surface area contributed by atoms with Crippen LogP contribution in [0.15, 0.2) is 0 Å². The van der Waals surface area contributed by atoms with E-state index in [1.54, 1.807) is 0 Å². The number of piperidine rings is 1.